The van der Waals surface area contributed by atoms with E-state index < -0.39 is 10.0 Å². The van der Waals surface area contributed by atoms with Crippen LogP contribution < -0.4 is 5.73 Å². The third-order valence-electron chi connectivity index (χ3n) is 3.91. The predicted molar refractivity (Wildman–Crippen MR) is 87.1 cm³/mol. The van der Waals surface area contributed by atoms with Gasteiger partial charge in [0.1, 0.15) is 0 Å². The molecule has 0 spiro atoms. The van der Waals surface area contributed by atoms with Crippen molar-refractivity contribution in [2.45, 2.75) is 25.3 Å². The van der Waals surface area contributed by atoms with Gasteiger partial charge in [-0.15, -0.1) is 0 Å². The minimum Gasteiger partial charge on any atom is -0.324 e. The third kappa shape index (κ3) is 4.57. The van der Waals surface area contributed by atoms with E-state index >= 15 is 0 Å². The number of sulfonamides is 1. The number of halogens is 2. The van der Waals surface area contributed by atoms with Crippen LogP contribution in [0.5, 0.6) is 0 Å². The summed E-state index contributed by atoms with van der Waals surface area (Å²) in [6, 6.07) is 5.23. The molecule has 21 heavy (non-hydrogen) atoms. The van der Waals surface area contributed by atoms with Crippen LogP contribution in [0, 0.1) is 5.92 Å². The van der Waals surface area contributed by atoms with Gasteiger partial charge in [0.25, 0.3) is 0 Å². The first-order chi connectivity index (χ1) is 9.77. The Morgan fingerprint density at radius 3 is 2.71 bits per heavy atom. The smallest absolute Gasteiger partial charge is 0.211 e. The van der Waals surface area contributed by atoms with Gasteiger partial charge >= 0.3 is 0 Å². The molecule has 1 aromatic carbocycles. The summed E-state index contributed by atoms with van der Waals surface area (Å²) in [5.41, 5.74) is 7.16. The van der Waals surface area contributed by atoms with E-state index in [1.54, 1.807) is 16.4 Å². The first kappa shape index (κ1) is 17.0. The lowest BCUT2D eigenvalue weighted by molar-refractivity contribution is 0.247. The van der Waals surface area contributed by atoms with Crippen LogP contribution in [0.15, 0.2) is 18.2 Å². The fraction of sp³-hybridized carbons (Fsp3) is 0.571. The average Bonchev–Trinajstić information content (AvgIpc) is 2.41. The molecule has 118 valence electrons. The summed E-state index contributed by atoms with van der Waals surface area (Å²) >= 11 is 11.9. The second-order valence-electron chi connectivity index (χ2n) is 5.65. The quantitative estimate of drug-likeness (QED) is 0.907. The Hall–Kier alpha value is -0.330. The molecule has 0 radical (unpaired) electrons. The van der Waals surface area contributed by atoms with Gasteiger partial charge < -0.3 is 5.73 Å². The SMILES string of the molecule is CS(=O)(=O)N1CCCC(CC(N)c2ccc(Cl)c(Cl)c2)C1. The van der Waals surface area contributed by atoms with Gasteiger partial charge in [0.2, 0.25) is 10.0 Å². The zero-order valence-electron chi connectivity index (χ0n) is 11.9. The fourth-order valence-electron chi connectivity index (χ4n) is 2.76. The molecule has 1 aliphatic rings. The van der Waals surface area contributed by atoms with Gasteiger partial charge in [-0.3, -0.25) is 0 Å². The van der Waals surface area contributed by atoms with Gasteiger partial charge in [-0.2, -0.15) is 0 Å². The Kier molecular flexibility index (Phi) is 5.54. The van der Waals surface area contributed by atoms with E-state index in [1.165, 1.54) is 6.26 Å². The number of nitrogens with zero attached hydrogens (tertiary/aromatic N) is 1. The van der Waals surface area contributed by atoms with Gasteiger partial charge in [-0.25, -0.2) is 12.7 Å². The van der Waals surface area contributed by atoms with E-state index in [1.807, 2.05) is 6.07 Å². The number of piperidine rings is 1. The van der Waals surface area contributed by atoms with Crippen molar-refractivity contribution in [3.63, 3.8) is 0 Å². The monoisotopic (exact) mass is 350 g/mol. The summed E-state index contributed by atoms with van der Waals surface area (Å²) in [6.07, 6.45) is 3.88. The Balaban J connectivity index is 2.02. The van der Waals surface area contributed by atoms with Crippen LogP contribution in [0.4, 0.5) is 0 Å². The number of nitrogens with two attached hydrogens (primary N) is 1. The highest BCUT2D eigenvalue weighted by molar-refractivity contribution is 7.88. The summed E-state index contributed by atoms with van der Waals surface area (Å²) in [6.45, 7) is 1.16. The Bertz CT molecular complexity index is 607. The third-order valence-corrected chi connectivity index (χ3v) is 5.92. The second kappa shape index (κ2) is 6.84. The molecule has 1 saturated heterocycles. The normalized spacial score (nSPS) is 22.2. The van der Waals surface area contributed by atoms with Crippen molar-refractivity contribution >= 4 is 33.2 Å². The summed E-state index contributed by atoms with van der Waals surface area (Å²) in [5.74, 6) is 0.276. The Labute approximate surface area is 136 Å². The minimum atomic E-state index is -3.12. The number of hydrogen-bond acceptors (Lipinski definition) is 3. The highest BCUT2D eigenvalue weighted by Crippen LogP contribution is 2.30. The van der Waals surface area contributed by atoms with Gasteiger partial charge in [0, 0.05) is 19.1 Å². The van der Waals surface area contributed by atoms with Crippen molar-refractivity contribution in [2.24, 2.45) is 11.7 Å². The molecule has 2 unspecified atom stereocenters. The molecule has 1 aromatic rings. The van der Waals surface area contributed by atoms with Crippen molar-refractivity contribution in [3.8, 4) is 0 Å². The summed E-state index contributed by atoms with van der Waals surface area (Å²) in [5, 5.41) is 1.000. The molecule has 2 N–H and O–H groups in total. The Morgan fingerprint density at radius 1 is 1.38 bits per heavy atom. The van der Waals surface area contributed by atoms with Gasteiger partial charge in [-0.05, 0) is 42.9 Å². The number of benzene rings is 1. The van der Waals surface area contributed by atoms with Crippen molar-refractivity contribution in [3.05, 3.63) is 33.8 Å². The standard InChI is InChI=1S/C14H20Cl2N2O2S/c1-21(19,20)18-6-2-3-10(9-18)7-14(17)11-4-5-12(15)13(16)8-11/h4-5,8,10,14H,2-3,6-7,9,17H2,1H3. The second-order valence-corrected chi connectivity index (χ2v) is 8.44. The topological polar surface area (TPSA) is 63.4 Å². The van der Waals surface area contributed by atoms with Crippen LogP contribution in [-0.4, -0.2) is 32.1 Å². The van der Waals surface area contributed by atoms with Crippen LogP contribution in [0.1, 0.15) is 30.9 Å². The van der Waals surface area contributed by atoms with Crippen LogP contribution in [0.25, 0.3) is 0 Å². The predicted octanol–water partition coefficient (Wildman–Crippen LogP) is 3.05. The molecule has 0 saturated carbocycles. The van der Waals surface area contributed by atoms with Crippen molar-refractivity contribution in [1.29, 1.82) is 0 Å². The van der Waals surface area contributed by atoms with Crippen LogP contribution >= 0.6 is 23.2 Å². The van der Waals surface area contributed by atoms with E-state index in [0.29, 0.717) is 23.1 Å². The van der Waals surface area contributed by atoms with E-state index in [4.69, 9.17) is 28.9 Å². The molecule has 7 heteroatoms. The van der Waals surface area contributed by atoms with Crippen molar-refractivity contribution in [2.75, 3.05) is 19.3 Å². The summed E-state index contributed by atoms with van der Waals surface area (Å²) in [7, 11) is -3.12. The van der Waals surface area contributed by atoms with Crippen molar-refractivity contribution in [1.82, 2.24) is 4.31 Å². The molecule has 2 rings (SSSR count). The number of rotatable bonds is 4. The Morgan fingerprint density at radius 2 is 2.10 bits per heavy atom. The van der Waals surface area contributed by atoms with E-state index in [9.17, 15) is 8.42 Å². The van der Waals surface area contributed by atoms with E-state index in [-0.39, 0.29) is 12.0 Å². The lowest BCUT2D eigenvalue weighted by Crippen LogP contribution is -2.40. The lowest BCUT2D eigenvalue weighted by atomic mass is 9.90. The maximum atomic E-state index is 11.6. The molecule has 0 bridgehead atoms. The van der Waals surface area contributed by atoms with Gasteiger partial charge in [-0.1, -0.05) is 29.3 Å². The maximum absolute atomic E-state index is 11.6. The molecule has 4 nitrogen and oxygen atoms in total. The summed E-state index contributed by atoms with van der Waals surface area (Å²) in [4.78, 5) is 0. The molecular formula is C14H20Cl2N2O2S. The maximum Gasteiger partial charge on any atom is 0.211 e. The highest BCUT2D eigenvalue weighted by atomic mass is 35.5. The zero-order chi connectivity index (χ0) is 15.6. The van der Waals surface area contributed by atoms with Crippen LogP contribution in [0.2, 0.25) is 10.0 Å². The molecule has 1 fully saturated rings. The van der Waals surface area contributed by atoms with Crippen LogP contribution in [-0.2, 0) is 10.0 Å². The average molecular weight is 351 g/mol. The number of hydrogen-bond donors (Lipinski definition) is 1. The lowest BCUT2D eigenvalue weighted by Gasteiger charge is -2.32. The first-order valence-electron chi connectivity index (χ1n) is 6.93. The van der Waals surface area contributed by atoms with E-state index in [0.717, 1.165) is 24.8 Å². The molecule has 1 heterocycles. The zero-order valence-corrected chi connectivity index (χ0v) is 14.3. The molecular weight excluding hydrogens is 331 g/mol. The van der Waals surface area contributed by atoms with Gasteiger partial charge in [0.05, 0.1) is 16.3 Å². The minimum absolute atomic E-state index is 0.163. The highest BCUT2D eigenvalue weighted by Gasteiger charge is 2.27. The molecule has 0 aromatic heterocycles. The van der Waals surface area contributed by atoms with Crippen molar-refractivity contribution < 1.29 is 8.42 Å². The first-order valence-corrected chi connectivity index (χ1v) is 9.53. The van der Waals surface area contributed by atoms with E-state index in [2.05, 4.69) is 0 Å². The molecule has 0 amide bonds. The van der Waals surface area contributed by atoms with Crippen LogP contribution in [0.3, 0.4) is 0 Å². The molecule has 1 aliphatic heterocycles. The molecule has 0 aliphatic carbocycles. The fourth-order valence-corrected chi connectivity index (χ4v) is 4.01. The molecule has 2 atom stereocenters. The van der Waals surface area contributed by atoms with Gasteiger partial charge in [0.15, 0.2) is 0 Å². The largest absolute Gasteiger partial charge is 0.324 e. The summed E-state index contributed by atoms with van der Waals surface area (Å²) < 4.78 is 24.8.